The third-order valence-corrected chi connectivity index (χ3v) is 4.39. The van der Waals surface area contributed by atoms with Crippen molar-refractivity contribution in [2.75, 3.05) is 6.54 Å². The molecular weight excluding hydrogens is 330 g/mol. The molecule has 3 aromatic rings. The summed E-state index contributed by atoms with van der Waals surface area (Å²) in [5.41, 5.74) is 2.48. The van der Waals surface area contributed by atoms with Gasteiger partial charge in [-0.15, -0.1) is 11.3 Å². The van der Waals surface area contributed by atoms with Crippen LogP contribution in [-0.2, 0) is 6.42 Å². The first-order valence-electron chi connectivity index (χ1n) is 7.11. The molecule has 2 heterocycles. The second kappa shape index (κ2) is 7.35. The second-order valence-electron chi connectivity index (χ2n) is 4.91. The summed E-state index contributed by atoms with van der Waals surface area (Å²) in [6.45, 7) is 0.554. The predicted molar refractivity (Wildman–Crippen MR) is 92.8 cm³/mol. The number of benzene rings is 1. The van der Waals surface area contributed by atoms with Crippen LogP contribution < -0.4 is 5.32 Å². The van der Waals surface area contributed by atoms with E-state index < -0.39 is 0 Å². The van der Waals surface area contributed by atoms with Crippen LogP contribution >= 0.6 is 22.9 Å². The minimum Gasteiger partial charge on any atom is -0.350 e. The topological polar surface area (TPSA) is 54.9 Å². The number of rotatable bonds is 5. The van der Waals surface area contributed by atoms with Crippen molar-refractivity contribution < 1.29 is 4.79 Å². The summed E-state index contributed by atoms with van der Waals surface area (Å²) >= 11 is 7.32. The van der Waals surface area contributed by atoms with Crippen LogP contribution in [0.1, 0.15) is 16.1 Å². The molecule has 0 aliphatic carbocycles. The molecule has 2 aromatic heterocycles. The molecule has 23 heavy (non-hydrogen) atoms. The Labute approximate surface area is 143 Å². The highest BCUT2D eigenvalue weighted by molar-refractivity contribution is 7.13. The number of hydrogen-bond acceptors (Lipinski definition) is 4. The lowest BCUT2D eigenvalue weighted by atomic mass is 10.2. The maximum absolute atomic E-state index is 12.1. The van der Waals surface area contributed by atoms with Gasteiger partial charge in [-0.2, -0.15) is 0 Å². The summed E-state index contributed by atoms with van der Waals surface area (Å²) in [5.74, 6) is -0.162. The highest BCUT2D eigenvalue weighted by Crippen LogP contribution is 2.25. The van der Waals surface area contributed by atoms with Crippen LogP contribution in [0.25, 0.3) is 10.6 Å². The number of hydrogen-bond donors (Lipinski definition) is 1. The number of aromatic nitrogens is 2. The van der Waals surface area contributed by atoms with Crippen molar-refractivity contribution in [3.8, 4) is 10.6 Å². The molecule has 0 bridgehead atoms. The van der Waals surface area contributed by atoms with Gasteiger partial charge >= 0.3 is 0 Å². The molecular formula is C17H14ClN3OS. The summed E-state index contributed by atoms with van der Waals surface area (Å²) in [6, 6.07) is 11.3. The lowest BCUT2D eigenvalue weighted by molar-refractivity contribution is 0.0950. The van der Waals surface area contributed by atoms with Gasteiger partial charge < -0.3 is 5.32 Å². The Morgan fingerprint density at radius 2 is 2.04 bits per heavy atom. The summed E-state index contributed by atoms with van der Waals surface area (Å²) in [5, 5.41) is 6.13. The van der Waals surface area contributed by atoms with E-state index in [0.29, 0.717) is 17.3 Å². The Kier molecular flexibility index (Phi) is 5.00. The number of nitrogens with zero attached hydrogens (tertiary/aromatic N) is 2. The minimum absolute atomic E-state index is 0.162. The van der Waals surface area contributed by atoms with Gasteiger partial charge in [-0.25, -0.2) is 4.98 Å². The van der Waals surface area contributed by atoms with E-state index in [2.05, 4.69) is 15.3 Å². The third-order valence-electron chi connectivity index (χ3n) is 3.25. The van der Waals surface area contributed by atoms with Crippen molar-refractivity contribution in [1.29, 1.82) is 0 Å². The lowest BCUT2D eigenvalue weighted by Crippen LogP contribution is -2.25. The van der Waals surface area contributed by atoms with Crippen molar-refractivity contribution in [3.05, 3.63) is 70.5 Å². The van der Waals surface area contributed by atoms with Gasteiger partial charge in [-0.05, 0) is 30.2 Å². The van der Waals surface area contributed by atoms with Crippen LogP contribution in [0.5, 0.6) is 0 Å². The van der Waals surface area contributed by atoms with E-state index in [0.717, 1.165) is 22.6 Å². The van der Waals surface area contributed by atoms with E-state index in [1.54, 1.807) is 17.8 Å². The van der Waals surface area contributed by atoms with Gasteiger partial charge in [0.05, 0.1) is 0 Å². The number of amides is 1. The first-order chi connectivity index (χ1) is 11.2. The SMILES string of the molecule is O=C(NCCc1cccnc1)c1csc(-c2ccc(Cl)cc2)n1. The summed E-state index contributed by atoms with van der Waals surface area (Å²) in [4.78, 5) is 20.6. The van der Waals surface area contributed by atoms with Crippen LogP contribution in [0.15, 0.2) is 54.2 Å². The van der Waals surface area contributed by atoms with Crippen molar-refractivity contribution in [1.82, 2.24) is 15.3 Å². The Balaban J connectivity index is 1.59. The summed E-state index contributed by atoms with van der Waals surface area (Å²) in [6.07, 6.45) is 4.27. The first-order valence-corrected chi connectivity index (χ1v) is 8.37. The minimum atomic E-state index is -0.162. The summed E-state index contributed by atoms with van der Waals surface area (Å²) < 4.78 is 0. The standard InChI is InChI=1S/C17H14ClN3OS/c18-14-5-3-13(4-6-14)17-21-15(11-23-17)16(22)20-9-7-12-2-1-8-19-10-12/h1-6,8,10-11H,7,9H2,(H,20,22). The van der Waals surface area contributed by atoms with Crippen molar-refractivity contribution in [2.45, 2.75) is 6.42 Å². The van der Waals surface area contributed by atoms with Gasteiger partial charge in [0.15, 0.2) is 0 Å². The number of carbonyl (C=O) groups is 1. The third kappa shape index (κ3) is 4.15. The van der Waals surface area contributed by atoms with E-state index in [9.17, 15) is 4.79 Å². The van der Waals surface area contributed by atoms with E-state index in [4.69, 9.17) is 11.6 Å². The van der Waals surface area contributed by atoms with Gasteiger partial charge in [0.2, 0.25) is 0 Å². The molecule has 1 aromatic carbocycles. The smallest absolute Gasteiger partial charge is 0.270 e. The molecule has 0 saturated heterocycles. The molecule has 0 fully saturated rings. The number of thiazole rings is 1. The molecule has 3 rings (SSSR count). The average molecular weight is 344 g/mol. The second-order valence-corrected chi connectivity index (χ2v) is 6.21. The molecule has 0 atom stereocenters. The van der Waals surface area contributed by atoms with Gasteiger partial charge in [-0.1, -0.05) is 29.8 Å². The van der Waals surface area contributed by atoms with Crippen LogP contribution in [0, 0.1) is 0 Å². The number of nitrogens with one attached hydrogen (secondary N) is 1. The van der Waals surface area contributed by atoms with Gasteiger partial charge in [0, 0.05) is 34.9 Å². The lowest BCUT2D eigenvalue weighted by Gasteiger charge is -2.03. The van der Waals surface area contributed by atoms with Crippen LogP contribution in [-0.4, -0.2) is 22.4 Å². The van der Waals surface area contributed by atoms with Crippen molar-refractivity contribution in [3.63, 3.8) is 0 Å². The monoisotopic (exact) mass is 343 g/mol. The fourth-order valence-corrected chi connectivity index (χ4v) is 2.99. The van der Waals surface area contributed by atoms with Crippen molar-refractivity contribution >= 4 is 28.8 Å². The molecule has 0 radical (unpaired) electrons. The zero-order valence-corrected chi connectivity index (χ0v) is 13.8. The van der Waals surface area contributed by atoms with E-state index in [-0.39, 0.29) is 5.91 Å². The van der Waals surface area contributed by atoms with Gasteiger partial charge in [-0.3, -0.25) is 9.78 Å². The molecule has 1 N–H and O–H groups in total. The Bertz CT molecular complexity index is 787. The normalized spacial score (nSPS) is 10.5. The molecule has 0 aliphatic rings. The largest absolute Gasteiger partial charge is 0.350 e. The van der Waals surface area contributed by atoms with Gasteiger partial charge in [0.1, 0.15) is 10.7 Å². The van der Waals surface area contributed by atoms with Crippen LogP contribution in [0.2, 0.25) is 5.02 Å². The first kappa shape index (κ1) is 15.6. The molecule has 0 spiro atoms. The van der Waals surface area contributed by atoms with Crippen molar-refractivity contribution in [2.24, 2.45) is 0 Å². The number of halogens is 1. The molecule has 0 unspecified atom stereocenters. The molecule has 0 aliphatic heterocycles. The highest BCUT2D eigenvalue weighted by atomic mass is 35.5. The fourth-order valence-electron chi connectivity index (χ4n) is 2.06. The zero-order chi connectivity index (χ0) is 16.1. The van der Waals surface area contributed by atoms with Gasteiger partial charge in [0.25, 0.3) is 5.91 Å². The zero-order valence-electron chi connectivity index (χ0n) is 12.2. The Morgan fingerprint density at radius 3 is 2.78 bits per heavy atom. The highest BCUT2D eigenvalue weighted by Gasteiger charge is 2.11. The average Bonchev–Trinajstić information content (AvgIpc) is 3.06. The quantitative estimate of drug-likeness (QED) is 0.766. The molecule has 116 valence electrons. The predicted octanol–water partition coefficient (Wildman–Crippen LogP) is 3.83. The Hall–Kier alpha value is -2.24. The number of pyridine rings is 1. The van der Waals surface area contributed by atoms with E-state index >= 15 is 0 Å². The van der Waals surface area contributed by atoms with E-state index in [1.807, 2.05) is 36.4 Å². The molecule has 0 saturated carbocycles. The Morgan fingerprint density at radius 1 is 1.22 bits per heavy atom. The molecule has 1 amide bonds. The van der Waals surface area contributed by atoms with Crippen LogP contribution in [0.3, 0.4) is 0 Å². The van der Waals surface area contributed by atoms with Crippen LogP contribution in [0.4, 0.5) is 0 Å². The number of carbonyl (C=O) groups excluding carboxylic acids is 1. The maximum atomic E-state index is 12.1. The summed E-state index contributed by atoms with van der Waals surface area (Å²) in [7, 11) is 0. The van der Waals surface area contributed by atoms with E-state index in [1.165, 1.54) is 11.3 Å². The maximum Gasteiger partial charge on any atom is 0.270 e. The molecule has 6 heteroatoms. The fraction of sp³-hybridized carbons (Fsp3) is 0.118. The molecule has 4 nitrogen and oxygen atoms in total.